The zero-order chi connectivity index (χ0) is 20.4. The molecule has 0 aliphatic rings. The molecule has 0 unspecified atom stereocenters. The summed E-state index contributed by atoms with van der Waals surface area (Å²) in [7, 11) is 0. The molecule has 8 heteroatoms. The molecule has 146 valence electrons. The minimum absolute atomic E-state index is 0.0279. The first-order valence-electron chi connectivity index (χ1n) is 8.74. The lowest BCUT2D eigenvalue weighted by atomic mass is 10.1. The number of aromatic nitrogens is 3. The minimum atomic E-state index is -0.488. The number of nitrogens with zero attached hydrogens (tertiary/aromatic N) is 3. The fourth-order valence-electron chi connectivity index (χ4n) is 2.98. The highest BCUT2D eigenvalue weighted by Gasteiger charge is 2.15. The molecule has 29 heavy (non-hydrogen) atoms. The van der Waals surface area contributed by atoms with Crippen LogP contribution in [0.2, 0.25) is 0 Å². The maximum atomic E-state index is 13.2. The zero-order valence-corrected chi connectivity index (χ0v) is 16.0. The van der Waals surface area contributed by atoms with Crippen LogP contribution in [0.3, 0.4) is 0 Å². The Morgan fingerprint density at radius 2 is 1.97 bits per heavy atom. The average Bonchev–Trinajstić information content (AvgIpc) is 3.09. The summed E-state index contributed by atoms with van der Waals surface area (Å²) < 4.78 is 20.3. The topological polar surface area (TPSA) is 81.2 Å². The molecule has 0 atom stereocenters. The van der Waals surface area contributed by atoms with Gasteiger partial charge in [0, 0.05) is 35.4 Å². The molecule has 0 amide bonds. The van der Waals surface area contributed by atoms with Crippen molar-refractivity contribution in [2.24, 2.45) is 0 Å². The molecule has 4 rings (SSSR count). The Kier molecular flexibility index (Phi) is 5.18. The van der Waals surface area contributed by atoms with Gasteiger partial charge in [0.2, 0.25) is 0 Å². The maximum Gasteiger partial charge on any atom is 0.336 e. The molecule has 6 nitrogen and oxygen atoms in total. The van der Waals surface area contributed by atoms with E-state index in [1.807, 2.05) is 4.57 Å². The first kappa shape index (κ1) is 18.9. The summed E-state index contributed by atoms with van der Waals surface area (Å²) in [5.41, 5.74) is 1.34. The van der Waals surface area contributed by atoms with Crippen LogP contribution >= 0.6 is 11.8 Å². The third-order valence-corrected chi connectivity index (χ3v) is 5.32. The van der Waals surface area contributed by atoms with E-state index < -0.39 is 5.63 Å². The summed E-state index contributed by atoms with van der Waals surface area (Å²) in [6.07, 6.45) is 1.73. The fourth-order valence-corrected chi connectivity index (χ4v) is 3.92. The van der Waals surface area contributed by atoms with E-state index in [9.17, 15) is 14.3 Å². The lowest BCUT2D eigenvalue weighted by molar-refractivity contribution is 0.473. The second-order valence-corrected chi connectivity index (χ2v) is 7.21. The summed E-state index contributed by atoms with van der Waals surface area (Å²) in [5, 5.41) is 19.5. The van der Waals surface area contributed by atoms with Crippen molar-refractivity contribution in [2.45, 2.75) is 17.5 Å². The summed E-state index contributed by atoms with van der Waals surface area (Å²) in [4.78, 5) is 11.9. The van der Waals surface area contributed by atoms with Gasteiger partial charge in [-0.05, 0) is 42.0 Å². The number of allylic oxidation sites excluding steroid dienone is 1. The first-order chi connectivity index (χ1) is 14.0. The van der Waals surface area contributed by atoms with E-state index in [2.05, 4.69) is 16.8 Å². The van der Waals surface area contributed by atoms with Crippen molar-refractivity contribution >= 4 is 22.7 Å². The molecule has 0 radical (unpaired) electrons. The molecule has 2 aromatic heterocycles. The predicted molar refractivity (Wildman–Crippen MR) is 109 cm³/mol. The molecule has 0 spiro atoms. The normalized spacial score (nSPS) is 11.1. The molecule has 2 heterocycles. The highest BCUT2D eigenvalue weighted by atomic mass is 32.2. The molecule has 2 aromatic carbocycles. The SMILES string of the molecule is C=CCn1c(SCc2cc(=O)oc3cc(O)ccc23)nnc1-c1ccc(F)cc1. The Labute approximate surface area is 169 Å². The van der Waals surface area contributed by atoms with Crippen LogP contribution in [0.4, 0.5) is 4.39 Å². The highest BCUT2D eigenvalue weighted by molar-refractivity contribution is 7.98. The van der Waals surface area contributed by atoms with E-state index in [-0.39, 0.29) is 11.6 Å². The Bertz CT molecular complexity index is 1250. The second-order valence-electron chi connectivity index (χ2n) is 6.27. The summed E-state index contributed by atoms with van der Waals surface area (Å²) in [6.45, 7) is 4.26. The number of aromatic hydroxyl groups is 1. The van der Waals surface area contributed by atoms with Crippen LogP contribution in [0, 0.1) is 5.82 Å². The van der Waals surface area contributed by atoms with Crippen molar-refractivity contribution in [2.75, 3.05) is 0 Å². The number of hydrogen-bond donors (Lipinski definition) is 1. The molecule has 0 aliphatic carbocycles. The average molecular weight is 409 g/mol. The van der Waals surface area contributed by atoms with E-state index in [1.165, 1.54) is 36.0 Å². The van der Waals surface area contributed by atoms with Crippen molar-refractivity contribution in [1.82, 2.24) is 14.8 Å². The summed E-state index contributed by atoms with van der Waals surface area (Å²) >= 11 is 1.41. The number of benzene rings is 2. The Morgan fingerprint density at radius 1 is 1.17 bits per heavy atom. The molecule has 1 N–H and O–H groups in total. The lowest BCUT2D eigenvalue weighted by Crippen LogP contribution is -2.02. The largest absolute Gasteiger partial charge is 0.508 e. The van der Waals surface area contributed by atoms with Crippen molar-refractivity contribution in [1.29, 1.82) is 0 Å². The van der Waals surface area contributed by atoms with Crippen LogP contribution in [-0.4, -0.2) is 19.9 Å². The van der Waals surface area contributed by atoms with E-state index >= 15 is 0 Å². The third-order valence-electron chi connectivity index (χ3n) is 4.30. The number of rotatable bonds is 6. The number of fused-ring (bicyclic) bond motifs is 1. The molecule has 0 aliphatic heterocycles. The molecule has 0 saturated heterocycles. The fraction of sp³-hybridized carbons (Fsp3) is 0.0952. The van der Waals surface area contributed by atoms with Crippen LogP contribution < -0.4 is 5.63 Å². The van der Waals surface area contributed by atoms with Crippen molar-refractivity contribution in [3.8, 4) is 17.1 Å². The lowest BCUT2D eigenvalue weighted by Gasteiger charge is -2.09. The smallest absolute Gasteiger partial charge is 0.336 e. The quantitative estimate of drug-likeness (QED) is 0.289. The van der Waals surface area contributed by atoms with Crippen LogP contribution in [0.15, 0.2) is 75.6 Å². The van der Waals surface area contributed by atoms with Gasteiger partial charge in [0.1, 0.15) is 17.1 Å². The van der Waals surface area contributed by atoms with Crippen molar-refractivity contribution in [3.63, 3.8) is 0 Å². The van der Waals surface area contributed by atoms with Gasteiger partial charge in [-0.25, -0.2) is 9.18 Å². The molecular weight excluding hydrogens is 393 g/mol. The molecular formula is C21H16FN3O3S. The van der Waals surface area contributed by atoms with E-state index in [0.29, 0.717) is 28.9 Å². The van der Waals surface area contributed by atoms with Crippen LogP contribution in [0.5, 0.6) is 5.75 Å². The van der Waals surface area contributed by atoms with Crippen LogP contribution in [0.1, 0.15) is 5.56 Å². The van der Waals surface area contributed by atoms with Gasteiger partial charge in [-0.2, -0.15) is 0 Å². The van der Waals surface area contributed by atoms with Crippen LogP contribution in [0.25, 0.3) is 22.4 Å². The molecule has 0 bridgehead atoms. The van der Waals surface area contributed by atoms with Crippen molar-refractivity contribution in [3.05, 3.63) is 83.0 Å². The third kappa shape index (κ3) is 3.93. The number of phenolic OH excluding ortho intramolecular Hbond substituents is 1. The predicted octanol–water partition coefficient (Wildman–Crippen LogP) is 4.37. The molecule has 0 fully saturated rings. The number of halogens is 1. The Balaban J connectivity index is 1.67. The molecule has 0 saturated carbocycles. The Morgan fingerprint density at radius 3 is 2.72 bits per heavy atom. The number of hydrogen-bond acceptors (Lipinski definition) is 6. The van der Waals surface area contributed by atoms with Gasteiger partial charge < -0.3 is 9.52 Å². The van der Waals surface area contributed by atoms with E-state index in [0.717, 1.165) is 16.5 Å². The van der Waals surface area contributed by atoms with Crippen LogP contribution in [-0.2, 0) is 12.3 Å². The first-order valence-corrected chi connectivity index (χ1v) is 9.72. The van der Waals surface area contributed by atoms with Gasteiger partial charge in [0.15, 0.2) is 11.0 Å². The van der Waals surface area contributed by atoms with E-state index in [1.54, 1.807) is 30.3 Å². The highest BCUT2D eigenvalue weighted by Crippen LogP contribution is 2.29. The van der Waals surface area contributed by atoms with E-state index in [4.69, 9.17) is 4.42 Å². The molecule has 4 aromatic rings. The van der Waals surface area contributed by atoms with Gasteiger partial charge in [0.25, 0.3) is 0 Å². The maximum absolute atomic E-state index is 13.2. The second kappa shape index (κ2) is 7.92. The minimum Gasteiger partial charge on any atom is -0.508 e. The van der Waals surface area contributed by atoms with Gasteiger partial charge >= 0.3 is 5.63 Å². The van der Waals surface area contributed by atoms with Gasteiger partial charge in [-0.15, -0.1) is 16.8 Å². The number of thioether (sulfide) groups is 1. The van der Waals surface area contributed by atoms with Gasteiger partial charge in [0.05, 0.1) is 0 Å². The number of phenols is 1. The summed E-state index contributed by atoms with van der Waals surface area (Å²) in [5.74, 6) is 0.764. The van der Waals surface area contributed by atoms with Crippen molar-refractivity contribution < 1.29 is 13.9 Å². The standard InChI is InChI=1S/C21H16FN3O3S/c1-2-9-25-20(13-3-5-15(22)6-4-13)23-24-21(25)29-12-14-10-19(27)28-18-11-16(26)7-8-17(14)18/h2-8,10-11,26H,1,9,12H2. The monoisotopic (exact) mass is 409 g/mol. The summed E-state index contributed by atoms with van der Waals surface area (Å²) in [6, 6.07) is 12.1. The van der Waals surface area contributed by atoms with Gasteiger partial charge in [-0.3, -0.25) is 4.57 Å². The zero-order valence-electron chi connectivity index (χ0n) is 15.2. The van der Waals surface area contributed by atoms with Gasteiger partial charge in [-0.1, -0.05) is 17.8 Å². The Hall–Kier alpha value is -3.39.